The molecule has 0 atom stereocenters. The molecule has 0 bridgehead atoms. The Balaban J connectivity index is 1.23. The largest absolute Gasteiger partial charge is 0.322 e. The van der Waals surface area contributed by atoms with Gasteiger partial charge in [-0.05, 0) is 49.4 Å². The fourth-order valence-electron chi connectivity index (χ4n) is 4.28. The Morgan fingerprint density at radius 1 is 0.744 bits per heavy atom. The number of aryl methyl sites for hydroxylation is 1. The van der Waals surface area contributed by atoms with Crippen LogP contribution < -0.4 is 5.32 Å². The predicted molar refractivity (Wildman–Crippen MR) is 148 cm³/mol. The van der Waals surface area contributed by atoms with Gasteiger partial charge in [-0.1, -0.05) is 60.2 Å². The zero-order valence-electron chi connectivity index (χ0n) is 20.9. The highest BCUT2D eigenvalue weighted by Crippen LogP contribution is 2.23. The maximum atomic E-state index is 13.2. The Hall–Kier alpha value is -5.50. The summed E-state index contributed by atoms with van der Waals surface area (Å²) in [7, 11) is 0. The van der Waals surface area contributed by atoms with Gasteiger partial charge in [0.25, 0.3) is 5.91 Å². The van der Waals surface area contributed by atoms with Gasteiger partial charge >= 0.3 is 0 Å². The fourth-order valence-corrected chi connectivity index (χ4v) is 4.28. The van der Waals surface area contributed by atoms with Crippen molar-refractivity contribution in [3.8, 4) is 22.6 Å². The van der Waals surface area contributed by atoms with Crippen molar-refractivity contribution in [1.82, 2.24) is 24.8 Å². The van der Waals surface area contributed by atoms with E-state index in [1.165, 1.54) is 0 Å². The number of nitrogens with zero attached hydrogens (tertiary/aromatic N) is 5. The third-order valence-electron chi connectivity index (χ3n) is 6.35. The van der Waals surface area contributed by atoms with Gasteiger partial charge in [0.15, 0.2) is 17.3 Å². The zero-order chi connectivity index (χ0) is 26.8. The molecule has 0 spiro atoms. The quantitative estimate of drug-likeness (QED) is 0.291. The molecule has 0 radical (unpaired) electrons. The topological polar surface area (TPSA) is 102 Å². The molecule has 3 aromatic carbocycles. The maximum absolute atomic E-state index is 13.2. The Morgan fingerprint density at radius 2 is 1.51 bits per heavy atom. The van der Waals surface area contributed by atoms with Crippen molar-refractivity contribution in [2.75, 3.05) is 5.32 Å². The number of ketones is 1. The second-order valence-electron chi connectivity index (χ2n) is 9.03. The minimum Gasteiger partial charge on any atom is -0.322 e. The van der Waals surface area contributed by atoms with Crippen molar-refractivity contribution in [2.45, 2.75) is 6.92 Å². The molecular weight excluding hydrogens is 488 g/mol. The van der Waals surface area contributed by atoms with Crippen molar-refractivity contribution < 1.29 is 9.59 Å². The highest BCUT2D eigenvalue weighted by atomic mass is 16.2. The number of hydrogen-bond donors (Lipinski definition) is 1. The fraction of sp³-hybridized carbons (Fsp3) is 0.0323. The van der Waals surface area contributed by atoms with E-state index in [-0.39, 0.29) is 11.7 Å². The monoisotopic (exact) mass is 510 g/mol. The van der Waals surface area contributed by atoms with Crippen LogP contribution in [0.2, 0.25) is 0 Å². The van der Waals surface area contributed by atoms with Gasteiger partial charge in [-0.15, -0.1) is 10.2 Å². The number of anilines is 1. The summed E-state index contributed by atoms with van der Waals surface area (Å²) >= 11 is 0. The zero-order valence-corrected chi connectivity index (χ0v) is 20.9. The van der Waals surface area contributed by atoms with Crippen LogP contribution >= 0.6 is 0 Å². The van der Waals surface area contributed by atoms with Crippen LogP contribution in [-0.2, 0) is 0 Å². The van der Waals surface area contributed by atoms with Crippen LogP contribution in [0.4, 0.5) is 5.69 Å². The SMILES string of the molecule is Cc1ccc(C(=O)c2ccccc2C(=O)Nc2ccc(-c3ccc4nnc(-c5cccnc5)n4n3)cc2)cc1. The van der Waals surface area contributed by atoms with Gasteiger partial charge < -0.3 is 5.32 Å². The minimum atomic E-state index is -0.357. The molecule has 3 aromatic heterocycles. The van der Waals surface area contributed by atoms with Gasteiger partial charge in [0.2, 0.25) is 0 Å². The van der Waals surface area contributed by atoms with Crippen LogP contribution in [0.1, 0.15) is 31.8 Å². The summed E-state index contributed by atoms with van der Waals surface area (Å²) in [5.74, 6) is 0.0452. The summed E-state index contributed by atoms with van der Waals surface area (Å²) in [6.45, 7) is 1.96. The Kier molecular flexibility index (Phi) is 6.18. The number of carbonyl (C=O) groups is 2. The first-order valence-corrected chi connectivity index (χ1v) is 12.3. The molecule has 8 heteroatoms. The molecule has 3 heterocycles. The first-order chi connectivity index (χ1) is 19.1. The minimum absolute atomic E-state index is 0.197. The van der Waals surface area contributed by atoms with Crippen molar-refractivity contribution >= 4 is 23.0 Å². The number of fused-ring (bicyclic) bond motifs is 1. The number of aromatic nitrogens is 5. The van der Waals surface area contributed by atoms with E-state index in [0.717, 1.165) is 22.4 Å². The summed E-state index contributed by atoms with van der Waals surface area (Å²) in [6.07, 6.45) is 3.42. The van der Waals surface area contributed by atoms with Crippen LogP contribution in [0.15, 0.2) is 109 Å². The van der Waals surface area contributed by atoms with Gasteiger partial charge in [0.05, 0.1) is 11.3 Å². The summed E-state index contributed by atoms with van der Waals surface area (Å²) in [5.41, 5.74) is 5.88. The average molecular weight is 511 g/mol. The van der Waals surface area contributed by atoms with E-state index < -0.39 is 0 Å². The molecule has 0 fully saturated rings. The first kappa shape index (κ1) is 23.9. The number of carbonyl (C=O) groups excluding carboxylic acids is 2. The normalized spacial score (nSPS) is 10.9. The smallest absolute Gasteiger partial charge is 0.256 e. The second-order valence-corrected chi connectivity index (χ2v) is 9.03. The molecule has 0 aliphatic carbocycles. The number of amides is 1. The number of nitrogens with one attached hydrogen (secondary N) is 1. The summed E-state index contributed by atoms with van der Waals surface area (Å²) in [4.78, 5) is 30.4. The molecule has 1 N–H and O–H groups in total. The lowest BCUT2D eigenvalue weighted by atomic mass is 9.97. The van der Waals surface area contributed by atoms with Crippen LogP contribution in [0.5, 0.6) is 0 Å². The van der Waals surface area contributed by atoms with E-state index in [2.05, 4.69) is 20.5 Å². The van der Waals surface area contributed by atoms with Crippen LogP contribution in [0.3, 0.4) is 0 Å². The molecule has 188 valence electrons. The third-order valence-corrected chi connectivity index (χ3v) is 6.35. The lowest BCUT2D eigenvalue weighted by molar-refractivity contribution is 0.0996. The van der Waals surface area contributed by atoms with E-state index in [1.807, 2.05) is 55.5 Å². The molecular formula is C31H22N6O2. The number of benzene rings is 3. The van der Waals surface area contributed by atoms with Gasteiger partial charge in [-0.3, -0.25) is 14.6 Å². The molecule has 6 aromatic rings. The second kappa shape index (κ2) is 10.1. The molecule has 0 saturated carbocycles. The van der Waals surface area contributed by atoms with E-state index in [4.69, 9.17) is 5.10 Å². The standard InChI is InChI=1S/C31H22N6O2/c1-20-8-10-22(11-9-20)29(38)25-6-2-3-7-26(25)31(39)33-24-14-12-21(13-15-24)27-16-17-28-34-35-30(37(28)36-27)23-5-4-18-32-19-23/h2-19H,1H3,(H,33,39). The molecule has 0 aliphatic rings. The molecule has 0 aliphatic heterocycles. The molecule has 0 unspecified atom stereocenters. The van der Waals surface area contributed by atoms with Gasteiger partial charge in [0, 0.05) is 40.3 Å². The van der Waals surface area contributed by atoms with Crippen LogP contribution in [0.25, 0.3) is 28.3 Å². The Morgan fingerprint density at radius 3 is 2.26 bits per heavy atom. The van der Waals surface area contributed by atoms with E-state index in [0.29, 0.717) is 33.8 Å². The highest BCUT2D eigenvalue weighted by Gasteiger charge is 2.18. The van der Waals surface area contributed by atoms with Gasteiger partial charge in [-0.2, -0.15) is 9.61 Å². The summed E-state index contributed by atoms with van der Waals surface area (Å²) < 4.78 is 1.68. The van der Waals surface area contributed by atoms with Crippen LogP contribution in [0, 0.1) is 6.92 Å². The van der Waals surface area contributed by atoms with Crippen molar-refractivity contribution in [3.63, 3.8) is 0 Å². The molecule has 8 nitrogen and oxygen atoms in total. The number of hydrogen-bond acceptors (Lipinski definition) is 6. The molecule has 0 saturated heterocycles. The maximum Gasteiger partial charge on any atom is 0.256 e. The average Bonchev–Trinajstić information content (AvgIpc) is 3.41. The molecule has 1 amide bonds. The molecule has 39 heavy (non-hydrogen) atoms. The number of pyridine rings is 1. The summed E-state index contributed by atoms with van der Waals surface area (Å²) in [5, 5.41) is 16.1. The van der Waals surface area contributed by atoms with Crippen molar-refractivity contribution in [2.24, 2.45) is 0 Å². The van der Waals surface area contributed by atoms with Gasteiger partial charge in [0.1, 0.15) is 0 Å². The van der Waals surface area contributed by atoms with Gasteiger partial charge in [-0.25, -0.2) is 0 Å². The van der Waals surface area contributed by atoms with Crippen molar-refractivity contribution in [1.29, 1.82) is 0 Å². The third kappa shape index (κ3) is 4.78. The van der Waals surface area contributed by atoms with E-state index >= 15 is 0 Å². The lowest BCUT2D eigenvalue weighted by Gasteiger charge is -2.11. The van der Waals surface area contributed by atoms with E-state index in [1.54, 1.807) is 65.4 Å². The highest BCUT2D eigenvalue weighted by molar-refractivity contribution is 6.17. The Labute approximate surface area is 224 Å². The Bertz CT molecular complexity index is 1810. The van der Waals surface area contributed by atoms with Crippen LogP contribution in [-0.4, -0.2) is 36.5 Å². The van der Waals surface area contributed by atoms with Crippen molar-refractivity contribution in [3.05, 3.63) is 132 Å². The van der Waals surface area contributed by atoms with E-state index in [9.17, 15) is 9.59 Å². The predicted octanol–water partition coefficient (Wildman–Crippen LogP) is 5.65. The first-order valence-electron chi connectivity index (χ1n) is 12.3. The summed E-state index contributed by atoms with van der Waals surface area (Å²) in [6, 6.07) is 29.0. The lowest BCUT2D eigenvalue weighted by Crippen LogP contribution is -2.17. The molecule has 6 rings (SSSR count). The number of rotatable bonds is 6.